The second kappa shape index (κ2) is 12.0. The molecule has 0 saturated carbocycles. The Bertz CT molecular complexity index is 1130. The molecule has 8 nitrogen and oxygen atoms in total. The number of carbonyl (C=O) groups is 4. The first-order chi connectivity index (χ1) is 17.6. The minimum atomic E-state index is -0.497. The Labute approximate surface area is 229 Å². The van der Waals surface area contributed by atoms with Gasteiger partial charge in [-0.25, -0.2) is 0 Å². The Balaban J connectivity index is 1.23. The van der Waals surface area contributed by atoms with Gasteiger partial charge in [-0.15, -0.1) is 22.7 Å². The van der Waals surface area contributed by atoms with E-state index in [4.69, 9.17) is 11.5 Å². The van der Waals surface area contributed by atoms with E-state index in [-0.39, 0.29) is 24.7 Å². The molecule has 2 aromatic heterocycles. The zero-order chi connectivity index (χ0) is 26.7. The van der Waals surface area contributed by atoms with Crippen molar-refractivity contribution in [2.75, 3.05) is 22.1 Å². The molecule has 2 atom stereocenters. The standard InChI is InChI=1S/C26H34N4O4S3/c1-13-3-5-15-17(11-13)36-25(21(15)23(27)33)29-19(31)7-9-35-10-8-20(32)30-26-22(24(28)34)16-6-4-14(2)12-18(16)37-26/h13-14H,3-12H2,1-2H3,(H2,27,33)(H2,28,34)(H,29,31)(H,30,32). The van der Waals surface area contributed by atoms with Gasteiger partial charge >= 0.3 is 0 Å². The molecule has 0 aliphatic heterocycles. The fourth-order valence-electron chi connectivity index (χ4n) is 5.01. The van der Waals surface area contributed by atoms with Crippen LogP contribution in [0, 0.1) is 11.8 Å². The molecule has 0 aromatic carbocycles. The molecule has 2 aromatic rings. The molecule has 200 valence electrons. The summed E-state index contributed by atoms with van der Waals surface area (Å²) in [5, 5.41) is 6.88. The summed E-state index contributed by atoms with van der Waals surface area (Å²) in [4.78, 5) is 51.5. The molecule has 0 bridgehead atoms. The summed E-state index contributed by atoms with van der Waals surface area (Å²) in [6.07, 6.45) is 6.00. The van der Waals surface area contributed by atoms with Gasteiger partial charge in [0.1, 0.15) is 10.0 Å². The zero-order valence-electron chi connectivity index (χ0n) is 21.2. The van der Waals surface area contributed by atoms with E-state index in [9.17, 15) is 19.2 Å². The number of primary amides is 2. The normalized spacial score (nSPS) is 18.5. The fraction of sp³-hybridized carbons (Fsp3) is 0.538. The Kier molecular flexibility index (Phi) is 8.97. The van der Waals surface area contributed by atoms with E-state index < -0.39 is 11.8 Å². The minimum absolute atomic E-state index is 0.171. The molecule has 2 unspecified atom stereocenters. The second-order valence-corrected chi connectivity index (χ2v) is 13.5. The highest BCUT2D eigenvalue weighted by molar-refractivity contribution is 7.99. The number of nitrogens with two attached hydrogens (primary N) is 2. The van der Waals surface area contributed by atoms with Crippen LogP contribution in [0.1, 0.15) is 81.1 Å². The quantitative estimate of drug-likeness (QED) is 0.318. The first-order valence-corrected chi connectivity index (χ1v) is 15.5. The maximum atomic E-state index is 12.5. The smallest absolute Gasteiger partial charge is 0.251 e. The number of anilines is 2. The monoisotopic (exact) mass is 562 g/mol. The van der Waals surface area contributed by atoms with Gasteiger partial charge in [0.2, 0.25) is 11.8 Å². The van der Waals surface area contributed by atoms with E-state index in [0.29, 0.717) is 44.5 Å². The first kappa shape index (κ1) is 27.7. The fourth-order valence-corrected chi connectivity index (χ4v) is 8.74. The molecular weight excluding hydrogens is 529 g/mol. The SMILES string of the molecule is CC1CCc2c(sc(NC(=O)CCSCCC(=O)Nc3sc4c(c3C(N)=O)CCC(C)C4)c2C(N)=O)C1. The molecule has 37 heavy (non-hydrogen) atoms. The summed E-state index contributed by atoms with van der Waals surface area (Å²) >= 11 is 4.43. The van der Waals surface area contributed by atoms with Crippen molar-refractivity contribution in [1.82, 2.24) is 0 Å². The van der Waals surface area contributed by atoms with Crippen LogP contribution in [0.15, 0.2) is 0 Å². The highest BCUT2D eigenvalue weighted by atomic mass is 32.2. The largest absolute Gasteiger partial charge is 0.365 e. The molecule has 2 aliphatic rings. The van der Waals surface area contributed by atoms with Crippen molar-refractivity contribution >= 4 is 68.1 Å². The summed E-state index contributed by atoms with van der Waals surface area (Å²) in [5.41, 5.74) is 14.2. The van der Waals surface area contributed by atoms with Crippen LogP contribution in [0.25, 0.3) is 0 Å². The highest BCUT2D eigenvalue weighted by Gasteiger charge is 2.28. The van der Waals surface area contributed by atoms with Gasteiger partial charge in [0.25, 0.3) is 11.8 Å². The number of carbonyl (C=O) groups excluding carboxylic acids is 4. The number of thiophene rings is 2. The summed E-state index contributed by atoms with van der Waals surface area (Å²) < 4.78 is 0. The van der Waals surface area contributed by atoms with Gasteiger partial charge in [-0.05, 0) is 61.5 Å². The molecule has 4 rings (SSSR count). The Hall–Kier alpha value is -2.37. The minimum Gasteiger partial charge on any atom is -0.365 e. The van der Waals surface area contributed by atoms with Gasteiger partial charge < -0.3 is 22.1 Å². The van der Waals surface area contributed by atoms with Crippen molar-refractivity contribution in [2.24, 2.45) is 23.3 Å². The predicted molar refractivity (Wildman–Crippen MR) is 152 cm³/mol. The third kappa shape index (κ3) is 6.56. The Morgan fingerprint density at radius 2 is 1.19 bits per heavy atom. The zero-order valence-corrected chi connectivity index (χ0v) is 23.7. The lowest BCUT2D eigenvalue weighted by atomic mass is 9.88. The maximum Gasteiger partial charge on any atom is 0.251 e. The van der Waals surface area contributed by atoms with Crippen molar-refractivity contribution in [3.05, 3.63) is 32.0 Å². The average molecular weight is 563 g/mol. The topological polar surface area (TPSA) is 144 Å². The molecule has 0 fully saturated rings. The van der Waals surface area contributed by atoms with Crippen molar-refractivity contribution in [1.29, 1.82) is 0 Å². The number of hydrogen-bond acceptors (Lipinski definition) is 7. The molecular formula is C26H34N4O4S3. The molecule has 2 heterocycles. The van der Waals surface area contributed by atoms with Crippen LogP contribution in [-0.2, 0) is 35.3 Å². The van der Waals surface area contributed by atoms with E-state index in [1.54, 1.807) is 0 Å². The van der Waals surface area contributed by atoms with E-state index >= 15 is 0 Å². The lowest BCUT2D eigenvalue weighted by molar-refractivity contribution is -0.116. The first-order valence-electron chi connectivity index (χ1n) is 12.7. The molecule has 4 amide bonds. The summed E-state index contributed by atoms with van der Waals surface area (Å²) in [5.74, 6) is 0.869. The average Bonchev–Trinajstić information content (AvgIpc) is 3.35. The van der Waals surface area contributed by atoms with E-state index in [0.717, 1.165) is 59.4 Å². The van der Waals surface area contributed by atoms with Crippen LogP contribution < -0.4 is 22.1 Å². The number of fused-ring (bicyclic) bond motifs is 2. The van der Waals surface area contributed by atoms with Crippen LogP contribution in [0.4, 0.5) is 10.0 Å². The molecule has 2 aliphatic carbocycles. The lowest BCUT2D eigenvalue weighted by Gasteiger charge is -2.18. The van der Waals surface area contributed by atoms with Gasteiger partial charge in [0.05, 0.1) is 11.1 Å². The van der Waals surface area contributed by atoms with Crippen molar-refractivity contribution in [3.8, 4) is 0 Å². The third-order valence-corrected chi connectivity index (χ3v) is 10.3. The highest BCUT2D eigenvalue weighted by Crippen LogP contribution is 2.40. The number of hydrogen-bond donors (Lipinski definition) is 4. The summed E-state index contributed by atoms with van der Waals surface area (Å²) in [7, 11) is 0. The number of rotatable bonds is 10. The van der Waals surface area contributed by atoms with Crippen LogP contribution in [0.2, 0.25) is 0 Å². The third-order valence-electron chi connectivity index (χ3n) is 6.97. The van der Waals surface area contributed by atoms with Crippen LogP contribution in [-0.4, -0.2) is 35.1 Å². The summed E-state index contributed by atoms with van der Waals surface area (Å²) in [6.45, 7) is 4.38. The molecule has 6 N–H and O–H groups in total. The van der Waals surface area contributed by atoms with Crippen LogP contribution >= 0.6 is 34.4 Å². The summed E-state index contributed by atoms with van der Waals surface area (Å²) in [6, 6.07) is 0. The lowest BCUT2D eigenvalue weighted by Crippen LogP contribution is -2.20. The van der Waals surface area contributed by atoms with Gasteiger partial charge in [0.15, 0.2) is 0 Å². The molecule has 0 saturated heterocycles. The molecule has 0 radical (unpaired) electrons. The van der Waals surface area contributed by atoms with E-state index in [2.05, 4.69) is 24.5 Å². The van der Waals surface area contributed by atoms with Crippen molar-refractivity contribution in [3.63, 3.8) is 0 Å². The van der Waals surface area contributed by atoms with Crippen molar-refractivity contribution < 1.29 is 19.2 Å². The second-order valence-electron chi connectivity index (χ2n) is 10.0. The van der Waals surface area contributed by atoms with Gasteiger partial charge in [-0.2, -0.15) is 11.8 Å². The molecule has 0 spiro atoms. The van der Waals surface area contributed by atoms with Crippen LogP contribution in [0.3, 0.4) is 0 Å². The predicted octanol–water partition coefficient (Wildman–Crippen LogP) is 4.35. The van der Waals surface area contributed by atoms with Crippen LogP contribution in [0.5, 0.6) is 0 Å². The maximum absolute atomic E-state index is 12.5. The number of thioether (sulfide) groups is 1. The Morgan fingerprint density at radius 3 is 1.57 bits per heavy atom. The number of nitrogens with one attached hydrogen (secondary N) is 2. The Morgan fingerprint density at radius 1 is 0.784 bits per heavy atom. The van der Waals surface area contributed by atoms with Gasteiger partial charge in [-0.1, -0.05) is 13.8 Å². The number of amides is 4. The van der Waals surface area contributed by atoms with E-state index in [1.165, 1.54) is 34.4 Å². The van der Waals surface area contributed by atoms with Crippen molar-refractivity contribution in [2.45, 2.75) is 65.2 Å². The molecule has 11 heteroatoms. The van der Waals surface area contributed by atoms with Gasteiger partial charge in [0, 0.05) is 34.1 Å². The van der Waals surface area contributed by atoms with Gasteiger partial charge in [-0.3, -0.25) is 19.2 Å². The van der Waals surface area contributed by atoms with E-state index in [1.807, 2.05) is 0 Å².